The molecule has 1 fully saturated rings. The number of hydrogen-bond acceptors (Lipinski definition) is 3. The van der Waals surface area contributed by atoms with E-state index in [1.165, 1.54) is 12.1 Å². The standard InChI is InChI=1S/C21H23N3O4/c25-19(23-18-4-2-1-3-5-18)16-10-12-24(13-11-16)21(28)22-14-15-6-8-17(9-7-15)20(26)27/h1-9,16H,10-14H2,(H,22,28)(H,23,25)(H,26,27). The van der Waals surface area contributed by atoms with E-state index in [-0.39, 0.29) is 23.4 Å². The molecule has 7 heteroatoms. The van der Waals surface area contributed by atoms with E-state index in [1.807, 2.05) is 30.3 Å². The van der Waals surface area contributed by atoms with Crippen molar-refractivity contribution in [3.63, 3.8) is 0 Å². The molecule has 0 spiro atoms. The number of aromatic carboxylic acids is 1. The average Bonchev–Trinajstić information content (AvgIpc) is 2.73. The summed E-state index contributed by atoms with van der Waals surface area (Å²) >= 11 is 0. The number of nitrogens with zero attached hydrogens (tertiary/aromatic N) is 1. The normalized spacial score (nSPS) is 14.4. The molecule has 0 aliphatic carbocycles. The summed E-state index contributed by atoms with van der Waals surface area (Å²) < 4.78 is 0. The molecule has 2 aromatic carbocycles. The highest BCUT2D eigenvalue weighted by Gasteiger charge is 2.27. The molecule has 3 N–H and O–H groups in total. The van der Waals surface area contributed by atoms with E-state index in [0.717, 1.165) is 11.3 Å². The lowest BCUT2D eigenvalue weighted by Crippen LogP contribution is -2.45. The summed E-state index contributed by atoms with van der Waals surface area (Å²) in [4.78, 5) is 37.3. The van der Waals surface area contributed by atoms with Crippen LogP contribution in [0.1, 0.15) is 28.8 Å². The lowest BCUT2D eigenvalue weighted by molar-refractivity contribution is -0.121. The zero-order valence-electron chi connectivity index (χ0n) is 15.4. The third-order valence-electron chi connectivity index (χ3n) is 4.84. The van der Waals surface area contributed by atoms with Crippen molar-refractivity contribution in [2.75, 3.05) is 18.4 Å². The Morgan fingerprint density at radius 3 is 2.21 bits per heavy atom. The van der Waals surface area contributed by atoms with Gasteiger partial charge in [-0.1, -0.05) is 30.3 Å². The third kappa shape index (κ3) is 5.09. The van der Waals surface area contributed by atoms with Crippen molar-refractivity contribution in [2.24, 2.45) is 5.92 Å². The first-order valence-corrected chi connectivity index (χ1v) is 9.24. The van der Waals surface area contributed by atoms with Crippen LogP contribution in [0.4, 0.5) is 10.5 Å². The number of likely N-dealkylation sites (tertiary alicyclic amines) is 1. The van der Waals surface area contributed by atoms with E-state index in [0.29, 0.717) is 32.5 Å². The number of piperidine rings is 1. The van der Waals surface area contributed by atoms with Crippen molar-refractivity contribution in [2.45, 2.75) is 19.4 Å². The number of benzene rings is 2. The molecule has 0 bridgehead atoms. The highest BCUT2D eigenvalue weighted by atomic mass is 16.4. The summed E-state index contributed by atoms with van der Waals surface area (Å²) in [6.45, 7) is 1.38. The molecule has 0 unspecified atom stereocenters. The van der Waals surface area contributed by atoms with Gasteiger partial charge >= 0.3 is 12.0 Å². The average molecular weight is 381 g/mol. The number of carbonyl (C=O) groups is 3. The first-order valence-electron chi connectivity index (χ1n) is 9.24. The minimum absolute atomic E-state index is 0.00946. The Kier molecular flexibility index (Phi) is 6.26. The Labute approximate surface area is 163 Å². The maximum atomic E-state index is 12.4. The van der Waals surface area contributed by atoms with E-state index < -0.39 is 5.97 Å². The molecule has 28 heavy (non-hydrogen) atoms. The molecule has 0 atom stereocenters. The van der Waals surface area contributed by atoms with Crippen LogP contribution < -0.4 is 10.6 Å². The van der Waals surface area contributed by atoms with E-state index in [4.69, 9.17) is 5.11 Å². The number of rotatable bonds is 5. The van der Waals surface area contributed by atoms with Crippen LogP contribution in [0.2, 0.25) is 0 Å². The summed E-state index contributed by atoms with van der Waals surface area (Å²) in [5.74, 6) is -1.09. The van der Waals surface area contributed by atoms with Gasteiger partial charge in [0.1, 0.15) is 0 Å². The van der Waals surface area contributed by atoms with Gasteiger partial charge in [-0.05, 0) is 42.7 Å². The van der Waals surface area contributed by atoms with Gasteiger partial charge in [0.25, 0.3) is 0 Å². The molecular formula is C21H23N3O4. The fourth-order valence-corrected chi connectivity index (χ4v) is 3.17. The summed E-state index contributed by atoms with van der Waals surface area (Å²) in [7, 11) is 0. The first kappa shape index (κ1) is 19.4. The molecule has 7 nitrogen and oxygen atoms in total. The minimum atomic E-state index is -0.977. The van der Waals surface area contributed by atoms with Gasteiger partial charge in [0.2, 0.25) is 5.91 Å². The molecule has 0 radical (unpaired) electrons. The summed E-state index contributed by atoms with van der Waals surface area (Å²) in [5, 5.41) is 14.7. The second-order valence-corrected chi connectivity index (χ2v) is 6.78. The second-order valence-electron chi connectivity index (χ2n) is 6.78. The quantitative estimate of drug-likeness (QED) is 0.741. The number of nitrogens with one attached hydrogen (secondary N) is 2. The van der Waals surface area contributed by atoms with Crippen LogP contribution >= 0.6 is 0 Å². The van der Waals surface area contributed by atoms with E-state index in [9.17, 15) is 14.4 Å². The van der Waals surface area contributed by atoms with E-state index in [2.05, 4.69) is 10.6 Å². The van der Waals surface area contributed by atoms with E-state index in [1.54, 1.807) is 17.0 Å². The molecule has 1 aliphatic rings. The Morgan fingerprint density at radius 1 is 0.964 bits per heavy atom. The zero-order chi connectivity index (χ0) is 19.9. The van der Waals surface area contributed by atoms with Crippen LogP contribution in [0.3, 0.4) is 0 Å². The maximum absolute atomic E-state index is 12.4. The van der Waals surface area contributed by atoms with Gasteiger partial charge in [-0.3, -0.25) is 4.79 Å². The molecule has 1 saturated heterocycles. The maximum Gasteiger partial charge on any atom is 0.335 e. The van der Waals surface area contributed by atoms with Gasteiger partial charge in [-0.2, -0.15) is 0 Å². The lowest BCUT2D eigenvalue weighted by atomic mass is 9.96. The van der Waals surface area contributed by atoms with Gasteiger partial charge in [-0.25, -0.2) is 9.59 Å². The number of urea groups is 1. The molecule has 1 aliphatic heterocycles. The largest absolute Gasteiger partial charge is 0.478 e. The molecule has 3 amide bonds. The van der Waals surface area contributed by atoms with Crippen molar-refractivity contribution in [3.05, 3.63) is 65.7 Å². The predicted molar refractivity (Wildman–Crippen MR) is 105 cm³/mol. The zero-order valence-corrected chi connectivity index (χ0v) is 15.4. The highest BCUT2D eigenvalue weighted by Crippen LogP contribution is 2.19. The van der Waals surface area contributed by atoms with Gasteiger partial charge < -0.3 is 20.6 Å². The predicted octanol–water partition coefficient (Wildman–Crippen LogP) is 2.95. The molecular weight excluding hydrogens is 358 g/mol. The van der Waals surface area contributed by atoms with Crippen molar-refractivity contribution in [1.29, 1.82) is 0 Å². The number of carbonyl (C=O) groups excluding carboxylic acids is 2. The number of amides is 3. The Balaban J connectivity index is 1.43. The van der Waals surface area contributed by atoms with Crippen LogP contribution in [0.25, 0.3) is 0 Å². The second kappa shape index (κ2) is 9.03. The van der Waals surface area contributed by atoms with Crippen molar-refractivity contribution >= 4 is 23.6 Å². The number of para-hydroxylation sites is 1. The van der Waals surface area contributed by atoms with Gasteiger partial charge in [-0.15, -0.1) is 0 Å². The van der Waals surface area contributed by atoms with Crippen LogP contribution in [0.15, 0.2) is 54.6 Å². The Bertz CT molecular complexity index is 828. The van der Waals surface area contributed by atoms with Crippen LogP contribution in [0, 0.1) is 5.92 Å². The fourth-order valence-electron chi connectivity index (χ4n) is 3.17. The van der Waals surface area contributed by atoms with Crippen molar-refractivity contribution in [3.8, 4) is 0 Å². The summed E-state index contributed by atoms with van der Waals surface area (Å²) in [6.07, 6.45) is 1.25. The van der Waals surface area contributed by atoms with Gasteiger partial charge in [0.05, 0.1) is 5.56 Å². The number of carboxylic acid groups (broad SMARTS) is 1. The monoisotopic (exact) mass is 381 g/mol. The summed E-state index contributed by atoms with van der Waals surface area (Å²) in [6, 6.07) is 15.6. The molecule has 2 aromatic rings. The molecule has 0 aromatic heterocycles. The minimum Gasteiger partial charge on any atom is -0.478 e. The SMILES string of the molecule is O=C(O)c1ccc(CNC(=O)N2CCC(C(=O)Nc3ccccc3)CC2)cc1. The van der Waals surface area contributed by atoms with Gasteiger partial charge in [0.15, 0.2) is 0 Å². The highest BCUT2D eigenvalue weighted by molar-refractivity contribution is 5.92. The first-order chi connectivity index (χ1) is 13.5. The fraction of sp³-hybridized carbons (Fsp3) is 0.286. The number of hydrogen-bond donors (Lipinski definition) is 3. The topological polar surface area (TPSA) is 98.7 Å². The number of carboxylic acids is 1. The smallest absolute Gasteiger partial charge is 0.335 e. The molecule has 0 saturated carbocycles. The van der Waals surface area contributed by atoms with Crippen LogP contribution in [-0.2, 0) is 11.3 Å². The van der Waals surface area contributed by atoms with Gasteiger partial charge in [0, 0.05) is 31.2 Å². The third-order valence-corrected chi connectivity index (χ3v) is 4.84. The molecule has 146 valence electrons. The molecule has 3 rings (SSSR count). The Hall–Kier alpha value is -3.35. The lowest BCUT2D eigenvalue weighted by Gasteiger charge is -2.31. The molecule has 1 heterocycles. The van der Waals surface area contributed by atoms with Crippen LogP contribution in [0.5, 0.6) is 0 Å². The number of anilines is 1. The summed E-state index contributed by atoms with van der Waals surface area (Å²) in [5.41, 5.74) is 1.82. The van der Waals surface area contributed by atoms with Crippen molar-refractivity contribution < 1.29 is 19.5 Å². The van der Waals surface area contributed by atoms with E-state index >= 15 is 0 Å². The van der Waals surface area contributed by atoms with Crippen LogP contribution in [-0.4, -0.2) is 41.0 Å². The van der Waals surface area contributed by atoms with Crippen molar-refractivity contribution in [1.82, 2.24) is 10.2 Å². The Morgan fingerprint density at radius 2 is 1.61 bits per heavy atom.